The molecule has 4 nitrogen and oxygen atoms in total. The third-order valence-electron chi connectivity index (χ3n) is 3.50. The van der Waals surface area contributed by atoms with Gasteiger partial charge in [0.05, 0.1) is 11.1 Å². The fourth-order valence-electron chi connectivity index (χ4n) is 2.29. The van der Waals surface area contributed by atoms with Gasteiger partial charge in [0.25, 0.3) is 11.8 Å². The maximum Gasteiger partial charge on any atom is 0.282 e. The fraction of sp³-hybridized carbons (Fsp3) is 0.118. The van der Waals surface area contributed by atoms with Crippen molar-refractivity contribution in [1.82, 2.24) is 5.01 Å². The van der Waals surface area contributed by atoms with E-state index in [9.17, 15) is 9.59 Å². The molecule has 2 aromatic rings. The van der Waals surface area contributed by atoms with E-state index in [1.165, 1.54) is 0 Å². The highest BCUT2D eigenvalue weighted by Crippen LogP contribution is 2.23. The van der Waals surface area contributed by atoms with Crippen molar-refractivity contribution in [1.29, 1.82) is 0 Å². The molecule has 0 bridgehead atoms. The van der Waals surface area contributed by atoms with Gasteiger partial charge in [-0.05, 0) is 17.7 Å². The Morgan fingerprint density at radius 3 is 2.00 bits per heavy atom. The van der Waals surface area contributed by atoms with Crippen molar-refractivity contribution < 1.29 is 9.59 Å². The van der Waals surface area contributed by atoms with E-state index in [1.807, 2.05) is 37.3 Å². The number of fused-ring (bicyclic) bond motifs is 1. The summed E-state index contributed by atoms with van der Waals surface area (Å²) in [5.74, 6) is -0.713. The van der Waals surface area contributed by atoms with Gasteiger partial charge in [0.1, 0.15) is 0 Å². The second kappa shape index (κ2) is 5.32. The highest BCUT2D eigenvalue weighted by atomic mass is 16.2. The molecule has 0 aromatic heterocycles. The van der Waals surface area contributed by atoms with Crippen LogP contribution in [0.3, 0.4) is 0 Å². The van der Waals surface area contributed by atoms with Crippen molar-refractivity contribution in [2.45, 2.75) is 12.8 Å². The number of benzene rings is 2. The second-order valence-corrected chi connectivity index (χ2v) is 4.93. The molecule has 2 aromatic carbocycles. The topological polar surface area (TPSA) is 49.7 Å². The average molecular weight is 278 g/mol. The minimum absolute atomic E-state index is 0.0236. The summed E-state index contributed by atoms with van der Waals surface area (Å²) in [6.07, 6.45) is 1.62. The van der Waals surface area contributed by atoms with Gasteiger partial charge in [0.15, 0.2) is 0 Å². The predicted molar refractivity (Wildman–Crippen MR) is 80.3 cm³/mol. The third kappa shape index (κ3) is 2.36. The number of carbonyl (C=O) groups is 2. The number of carbonyl (C=O) groups excluding carboxylic acids is 2. The van der Waals surface area contributed by atoms with Gasteiger partial charge in [0, 0.05) is 12.1 Å². The van der Waals surface area contributed by atoms with Crippen LogP contribution in [0.25, 0.3) is 0 Å². The van der Waals surface area contributed by atoms with Crippen molar-refractivity contribution in [2.75, 3.05) is 0 Å². The Balaban J connectivity index is 1.82. The maximum absolute atomic E-state index is 12.1. The molecular weight excluding hydrogens is 264 g/mol. The maximum atomic E-state index is 12.1. The van der Waals surface area contributed by atoms with Crippen molar-refractivity contribution >= 4 is 18.0 Å². The van der Waals surface area contributed by atoms with Gasteiger partial charge in [-0.2, -0.15) is 10.1 Å². The molecule has 21 heavy (non-hydrogen) atoms. The molecule has 0 N–H and O–H groups in total. The molecule has 0 saturated carbocycles. The van der Waals surface area contributed by atoms with Gasteiger partial charge < -0.3 is 0 Å². The lowest BCUT2D eigenvalue weighted by molar-refractivity contribution is 0.0659. The molecule has 1 atom stereocenters. The van der Waals surface area contributed by atoms with E-state index in [4.69, 9.17) is 0 Å². The van der Waals surface area contributed by atoms with Crippen LogP contribution in [0.15, 0.2) is 59.7 Å². The molecule has 1 aliphatic heterocycles. The monoisotopic (exact) mass is 278 g/mol. The van der Waals surface area contributed by atoms with Crippen LogP contribution in [0.4, 0.5) is 0 Å². The summed E-state index contributed by atoms with van der Waals surface area (Å²) in [6.45, 7) is 1.97. The van der Waals surface area contributed by atoms with Gasteiger partial charge in [-0.1, -0.05) is 49.4 Å². The molecule has 1 heterocycles. The smallest absolute Gasteiger partial charge is 0.267 e. The van der Waals surface area contributed by atoms with Gasteiger partial charge in [-0.3, -0.25) is 9.59 Å². The second-order valence-electron chi connectivity index (χ2n) is 4.93. The number of amides is 2. The molecule has 0 saturated heterocycles. The van der Waals surface area contributed by atoms with Crippen LogP contribution in [0.1, 0.15) is 39.1 Å². The zero-order valence-electron chi connectivity index (χ0n) is 11.6. The van der Waals surface area contributed by atoms with E-state index in [0.29, 0.717) is 11.1 Å². The summed E-state index contributed by atoms with van der Waals surface area (Å²) in [5.41, 5.74) is 1.90. The number of hydrogen-bond donors (Lipinski definition) is 0. The molecular formula is C17H14N2O2. The Kier molecular flexibility index (Phi) is 3.36. The van der Waals surface area contributed by atoms with Crippen LogP contribution in [0.5, 0.6) is 0 Å². The Hall–Kier alpha value is -2.75. The summed E-state index contributed by atoms with van der Waals surface area (Å²) < 4.78 is 0. The van der Waals surface area contributed by atoms with Crippen molar-refractivity contribution in [3.63, 3.8) is 0 Å². The number of hydrazone groups is 1. The average Bonchev–Trinajstić information content (AvgIpc) is 2.78. The lowest BCUT2D eigenvalue weighted by atomic mass is 10.0. The van der Waals surface area contributed by atoms with Crippen LogP contribution < -0.4 is 0 Å². The Bertz CT molecular complexity index is 688. The first-order valence-corrected chi connectivity index (χ1v) is 6.75. The molecule has 0 radical (unpaired) electrons. The summed E-state index contributed by atoms with van der Waals surface area (Å²) >= 11 is 0. The third-order valence-corrected chi connectivity index (χ3v) is 3.50. The van der Waals surface area contributed by atoms with E-state index >= 15 is 0 Å². The zero-order chi connectivity index (χ0) is 14.8. The first-order chi connectivity index (χ1) is 10.2. The highest BCUT2D eigenvalue weighted by Gasteiger charge is 2.35. The molecule has 3 rings (SSSR count). The normalized spacial score (nSPS) is 15.6. The van der Waals surface area contributed by atoms with E-state index in [1.54, 1.807) is 30.5 Å². The lowest BCUT2D eigenvalue weighted by Gasteiger charge is -2.09. The molecule has 1 unspecified atom stereocenters. The zero-order valence-corrected chi connectivity index (χ0v) is 11.6. The van der Waals surface area contributed by atoms with Gasteiger partial charge >= 0.3 is 0 Å². The van der Waals surface area contributed by atoms with E-state index in [0.717, 1.165) is 10.6 Å². The largest absolute Gasteiger partial charge is 0.282 e. The quantitative estimate of drug-likeness (QED) is 0.640. The van der Waals surface area contributed by atoms with Crippen LogP contribution in [-0.2, 0) is 0 Å². The standard InChI is InChI=1S/C17H14N2O2/c1-12(13-7-3-2-4-8-13)11-18-19-16(20)14-9-5-6-10-15(14)17(19)21/h2-12H,1H3/b18-11-. The minimum Gasteiger partial charge on any atom is -0.267 e. The van der Waals surface area contributed by atoms with Crippen LogP contribution in [0, 0.1) is 0 Å². The molecule has 1 aliphatic rings. The molecule has 2 amide bonds. The van der Waals surface area contributed by atoms with Crippen LogP contribution in [-0.4, -0.2) is 23.0 Å². The van der Waals surface area contributed by atoms with E-state index in [2.05, 4.69) is 5.10 Å². The fourth-order valence-corrected chi connectivity index (χ4v) is 2.29. The summed E-state index contributed by atoms with van der Waals surface area (Å²) in [7, 11) is 0. The van der Waals surface area contributed by atoms with Gasteiger partial charge in [0.2, 0.25) is 0 Å². The Morgan fingerprint density at radius 1 is 0.905 bits per heavy atom. The molecule has 4 heteroatoms. The van der Waals surface area contributed by atoms with Crippen molar-refractivity contribution in [3.8, 4) is 0 Å². The number of nitrogens with zero attached hydrogens (tertiary/aromatic N) is 2. The Morgan fingerprint density at radius 2 is 1.43 bits per heavy atom. The van der Waals surface area contributed by atoms with Crippen LogP contribution >= 0.6 is 0 Å². The molecule has 0 fully saturated rings. The SMILES string of the molecule is CC(/C=N\N1C(=O)c2ccccc2C1=O)c1ccccc1. The van der Waals surface area contributed by atoms with E-state index in [-0.39, 0.29) is 17.7 Å². The minimum atomic E-state index is -0.368. The predicted octanol–water partition coefficient (Wildman–Crippen LogP) is 3.07. The van der Waals surface area contributed by atoms with Crippen molar-refractivity contribution in [3.05, 3.63) is 71.3 Å². The molecule has 0 spiro atoms. The summed E-state index contributed by atoms with van der Waals surface area (Å²) in [5, 5.41) is 5.02. The molecule has 0 aliphatic carbocycles. The first kappa shape index (κ1) is 13.2. The van der Waals surface area contributed by atoms with Crippen molar-refractivity contribution in [2.24, 2.45) is 5.10 Å². The number of imide groups is 1. The van der Waals surface area contributed by atoms with Gasteiger partial charge in [-0.15, -0.1) is 0 Å². The van der Waals surface area contributed by atoms with E-state index < -0.39 is 0 Å². The first-order valence-electron chi connectivity index (χ1n) is 6.75. The number of rotatable bonds is 3. The summed E-state index contributed by atoms with van der Waals surface area (Å²) in [4.78, 5) is 24.3. The molecule has 104 valence electrons. The highest BCUT2D eigenvalue weighted by molar-refractivity contribution is 6.21. The van der Waals surface area contributed by atoms with Crippen LogP contribution in [0.2, 0.25) is 0 Å². The Labute approximate surface area is 122 Å². The lowest BCUT2D eigenvalue weighted by Crippen LogP contribution is -2.24. The van der Waals surface area contributed by atoms with Gasteiger partial charge in [-0.25, -0.2) is 0 Å². The number of hydrogen-bond acceptors (Lipinski definition) is 3. The summed E-state index contributed by atoms with van der Waals surface area (Å²) in [6, 6.07) is 16.6.